The molecule has 0 fully saturated rings. The molecule has 0 aliphatic heterocycles. The Kier molecular flexibility index (Phi) is 9.60. The molecule has 0 spiro atoms. The van der Waals surface area contributed by atoms with Crippen molar-refractivity contribution in [2.75, 3.05) is 13.1 Å². The summed E-state index contributed by atoms with van der Waals surface area (Å²) in [5, 5.41) is 25.0. The Labute approximate surface area is 168 Å². The van der Waals surface area contributed by atoms with Gasteiger partial charge in [-0.15, -0.1) is 0 Å². The predicted molar refractivity (Wildman–Crippen MR) is 105 cm³/mol. The van der Waals surface area contributed by atoms with Crippen molar-refractivity contribution in [3.8, 4) is 5.75 Å². The number of nitrogens with two attached hydrogens (primary N) is 1. The highest BCUT2D eigenvalue weighted by atomic mass is 16.4. The predicted octanol–water partition coefficient (Wildman–Crippen LogP) is -0.890. The summed E-state index contributed by atoms with van der Waals surface area (Å²) in [7, 11) is 0. The number of phenolic OH excluding ortho intramolecular Hbond substituents is 1. The second-order valence-corrected chi connectivity index (χ2v) is 7.06. The van der Waals surface area contributed by atoms with Crippen LogP contribution in [-0.4, -0.2) is 59.1 Å². The molecule has 0 aromatic heterocycles. The van der Waals surface area contributed by atoms with Crippen LogP contribution < -0.4 is 21.7 Å². The number of carbonyl (C=O) groups is 4. The van der Waals surface area contributed by atoms with E-state index in [1.54, 1.807) is 12.1 Å². The Morgan fingerprint density at radius 3 is 2.14 bits per heavy atom. The van der Waals surface area contributed by atoms with Crippen LogP contribution >= 0.6 is 0 Å². The van der Waals surface area contributed by atoms with Crippen LogP contribution in [0.4, 0.5) is 0 Å². The first-order valence-corrected chi connectivity index (χ1v) is 9.18. The molecule has 0 saturated heterocycles. The van der Waals surface area contributed by atoms with Gasteiger partial charge in [-0.05, 0) is 36.5 Å². The maximum absolute atomic E-state index is 12.1. The van der Waals surface area contributed by atoms with Crippen molar-refractivity contribution in [1.29, 1.82) is 0 Å². The van der Waals surface area contributed by atoms with E-state index in [0.717, 1.165) is 5.56 Å². The summed E-state index contributed by atoms with van der Waals surface area (Å²) in [6, 6.07) is 4.44. The molecule has 0 aliphatic rings. The number of phenols is 1. The maximum Gasteiger partial charge on any atom is 0.322 e. The van der Waals surface area contributed by atoms with Gasteiger partial charge in [-0.1, -0.05) is 26.0 Å². The second-order valence-electron chi connectivity index (χ2n) is 7.06. The third-order valence-electron chi connectivity index (χ3n) is 3.92. The lowest BCUT2D eigenvalue weighted by molar-refractivity contribution is -0.138. The van der Waals surface area contributed by atoms with Crippen LogP contribution in [0, 0.1) is 5.92 Å². The summed E-state index contributed by atoms with van der Waals surface area (Å²) in [5.74, 6) is -2.75. The molecule has 3 amide bonds. The van der Waals surface area contributed by atoms with E-state index in [1.165, 1.54) is 12.1 Å². The largest absolute Gasteiger partial charge is 0.508 e. The zero-order chi connectivity index (χ0) is 22.0. The molecule has 0 aliphatic carbocycles. The highest BCUT2D eigenvalue weighted by Crippen LogP contribution is 2.10. The number of benzene rings is 1. The SMILES string of the molecule is CC(C)CC(NC(=O)CNC(=O)C(N)Cc1ccc(O)cc1)C(=O)NCC(=O)O. The minimum atomic E-state index is -1.19. The summed E-state index contributed by atoms with van der Waals surface area (Å²) in [6.07, 6.45) is 0.535. The Hall–Kier alpha value is -3.14. The minimum absolute atomic E-state index is 0.0733. The fraction of sp³-hybridized carbons (Fsp3) is 0.474. The normalized spacial score (nSPS) is 12.7. The molecule has 160 valence electrons. The van der Waals surface area contributed by atoms with Gasteiger partial charge in [-0.3, -0.25) is 19.2 Å². The van der Waals surface area contributed by atoms with Gasteiger partial charge in [0.15, 0.2) is 0 Å². The quantitative estimate of drug-likeness (QED) is 0.276. The summed E-state index contributed by atoms with van der Waals surface area (Å²) in [4.78, 5) is 46.9. The monoisotopic (exact) mass is 408 g/mol. The zero-order valence-electron chi connectivity index (χ0n) is 16.5. The topological polar surface area (TPSA) is 171 Å². The number of carbonyl (C=O) groups excluding carboxylic acids is 3. The second kappa shape index (κ2) is 11.6. The van der Waals surface area contributed by atoms with Crippen molar-refractivity contribution < 1.29 is 29.4 Å². The van der Waals surface area contributed by atoms with Crippen molar-refractivity contribution in [3.05, 3.63) is 29.8 Å². The molecule has 7 N–H and O–H groups in total. The van der Waals surface area contributed by atoms with Crippen LogP contribution in [0.3, 0.4) is 0 Å². The van der Waals surface area contributed by atoms with E-state index >= 15 is 0 Å². The van der Waals surface area contributed by atoms with Crippen LogP contribution in [0.25, 0.3) is 0 Å². The first kappa shape index (κ1) is 23.9. The number of hydrogen-bond acceptors (Lipinski definition) is 6. The van der Waals surface area contributed by atoms with Crippen LogP contribution in [0.2, 0.25) is 0 Å². The van der Waals surface area contributed by atoms with Crippen molar-refractivity contribution in [1.82, 2.24) is 16.0 Å². The average Bonchev–Trinajstić information content (AvgIpc) is 2.64. The van der Waals surface area contributed by atoms with E-state index in [4.69, 9.17) is 10.8 Å². The maximum atomic E-state index is 12.1. The van der Waals surface area contributed by atoms with E-state index in [-0.39, 0.29) is 24.6 Å². The fourth-order valence-corrected chi connectivity index (χ4v) is 2.51. The highest BCUT2D eigenvalue weighted by molar-refractivity contribution is 5.92. The van der Waals surface area contributed by atoms with Gasteiger partial charge in [0.05, 0.1) is 12.6 Å². The van der Waals surface area contributed by atoms with E-state index in [1.807, 2.05) is 13.8 Å². The van der Waals surface area contributed by atoms with E-state index in [2.05, 4.69) is 16.0 Å². The van der Waals surface area contributed by atoms with Crippen LogP contribution in [0.1, 0.15) is 25.8 Å². The number of rotatable bonds is 11. The Balaban J connectivity index is 2.52. The molecule has 2 atom stereocenters. The number of carboxylic acids is 1. The summed E-state index contributed by atoms with van der Waals surface area (Å²) in [5.41, 5.74) is 6.58. The molecule has 0 saturated carbocycles. The van der Waals surface area contributed by atoms with Gasteiger partial charge in [0, 0.05) is 0 Å². The molecule has 1 rings (SSSR count). The van der Waals surface area contributed by atoms with Gasteiger partial charge in [-0.25, -0.2) is 0 Å². The van der Waals surface area contributed by atoms with Crippen LogP contribution in [0.5, 0.6) is 5.75 Å². The van der Waals surface area contributed by atoms with Crippen molar-refractivity contribution in [3.63, 3.8) is 0 Å². The van der Waals surface area contributed by atoms with E-state index in [9.17, 15) is 24.3 Å². The van der Waals surface area contributed by atoms with E-state index in [0.29, 0.717) is 6.42 Å². The van der Waals surface area contributed by atoms with Crippen LogP contribution in [-0.2, 0) is 25.6 Å². The molecule has 10 heteroatoms. The summed E-state index contributed by atoms with van der Waals surface area (Å²) < 4.78 is 0. The fourth-order valence-electron chi connectivity index (χ4n) is 2.51. The van der Waals surface area contributed by atoms with Gasteiger partial charge in [-0.2, -0.15) is 0 Å². The molecule has 0 bridgehead atoms. The number of hydrogen-bond donors (Lipinski definition) is 6. The number of aromatic hydroxyl groups is 1. The zero-order valence-corrected chi connectivity index (χ0v) is 16.5. The van der Waals surface area contributed by atoms with Gasteiger partial charge < -0.3 is 31.9 Å². The molecule has 10 nitrogen and oxygen atoms in total. The molecule has 1 aromatic carbocycles. The molecular weight excluding hydrogens is 380 g/mol. The molecule has 0 radical (unpaired) electrons. The number of aliphatic carboxylic acids is 1. The van der Waals surface area contributed by atoms with Crippen molar-refractivity contribution >= 4 is 23.7 Å². The van der Waals surface area contributed by atoms with Crippen LogP contribution in [0.15, 0.2) is 24.3 Å². The third-order valence-corrected chi connectivity index (χ3v) is 3.92. The molecular formula is C19H28N4O6. The summed E-state index contributed by atoms with van der Waals surface area (Å²) >= 11 is 0. The highest BCUT2D eigenvalue weighted by Gasteiger charge is 2.23. The smallest absolute Gasteiger partial charge is 0.322 e. The third kappa shape index (κ3) is 9.56. The Bertz CT molecular complexity index is 720. The van der Waals surface area contributed by atoms with E-state index < -0.39 is 42.3 Å². The van der Waals surface area contributed by atoms with Gasteiger partial charge in [0.25, 0.3) is 0 Å². The molecule has 1 aromatic rings. The minimum Gasteiger partial charge on any atom is -0.508 e. The molecule has 0 heterocycles. The van der Waals surface area contributed by atoms with Crippen molar-refractivity contribution in [2.24, 2.45) is 11.7 Å². The lowest BCUT2D eigenvalue weighted by Crippen LogP contribution is -2.52. The first-order valence-electron chi connectivity index (χ1n) is 9.18. The van der Waals surface area contributed by atoms with Gasteiger partial charge in [0.2, 0.25) is 17.7 Å². The molecule has 2 unspecified atom stereocenters. The lowest BCUT2D eigenvalue weighted by atomic mass is 10.0. The number of nitrogens with one attached hydrogen (secondary N) is 3. The molecule has 29 heavy (non-hydrogen) atoms. The first-order chi connectivity index (χ1) is 13.6. The standard InChI is InChI=1S/C19H28N4O6/c1-11(2)7-15(19(29)22-10-17(26)27)23-16(25)9-21-18(28)14(20)8-12-3-5-13(24)6-4-12/h3-6,11,14-15,24H,7-10,20H2,1-2H3,(H,21,28)(H,22,29)(H,23,25)(H,26,27). The van der Waals surface area contributed by atoms with Crippen molar-refractivity contribution in [2.45, 2.75) is 38.8 Å². The number of amides is 3. The summed E-state index contributed by atoms with van der Waals surface area (Å²) in [6.45, 7) is 2.79. The van der Waals surface area contributed by atoms with Gasteiger partial charge >= 0.3 is 5.97 Å². The Morgan fingerprint density at radius 1 is 1.00 bits per heavy atom. The van der Waals surface area contributed by atoms with Gasteiger partial charge in [0.1, 0.15) is 18.3 Å². The average molecular weight is 408 g/mol. The number of carboxylic acid groups (broad SMARTS) is 1. The lowest BCUT2D eigenvalue weighted by Gasteiger charge is -2.20. The Morgan fingerprint density at radius 2 is 1.59 bits per heavy atom.